The second-order valence-electron chi connectivity index (χ2n) is 8.81. The van der Waals surface area contributed by atoms with E-state index in [1.54, 1.807) is 0 Å². The van der Waals surface area contributed by atoms with E-state index < -0.39 is 67.4 Å². The van der Waals surface area contributed by atoms with Crippen LogP contribution in [-0.4, -0.2) is 66.3 Å². The number of amides is 2. The van der Waals surface area contributed by atoms with Crippen LogP contribution >= 0.6 is 23.2 Å². The molecule has 190 valence electrons. The molecule has 3 atom stereocenters. The van der Waals surface area contributed by atoms with Gasteiger partial charge in [0.15, 0.2) is 5.60 Å². The van der Waals surface area contributed by atoms with E-state index in [9.17, 15) is 24.0 Å². The van der Waals surface area contributed by atoms with Crippen molar-refractivity contribution in [1.82, 2.24) is 10.6 Å². The third kappa shape index (κ3) is 5.88. The molecule has 2 bridgehead atoms. The van der Waals surface area contributed by atoms with E-state index in [0.717, 1.165) is 7.11 Å². The third-order valence-electron chi connectivity index (χ3n) is 5.62. The fraction of sp³-hybridized carbons (Fsp3) is 0.476. The zero-order chi connectivity index (χ0) is 26.0. The van der Waals surface area contributed by atoms with Crippen molar-refractivity contribution in [3.05, 3.63) is 33.8 Å². The number of carbonyl (C=O) groups is 5. The number of rotatable bonds is 9. The Kier molecular flexibility index (Phi) is 7.98. The van der Waals surface area contributed by atoms with Gasteiger partial charge in [-0.05, 0) is 24.1 Å². The van der Waals surface area contributed by atoms with Gasteiger partial charge in [0.25, 0.3) is 11.9 Å². The Morgan fingerprint density at radius 1 is 1.26 bits per heavy atom. The minimum atomic E-state index is -2.99. The number of ether oxygens (including phenoxy) is 1. The van der Waals surface area contributed by atoms with Gasteiger partial charge in [-0.2, -0.15) is 0 Å². The number of nitrogens with one attached hydrogen (secondary N) is 2. The molecule has 2 aliphatic heterocycles. The Bertz CT molecular complexity index is 1070. The molecule has 3 rings (SSSR count). The summed E-state index contributed by atoms with van der Waals surface area (Å²) in [5.41, 5.74) is -1.79. The summed E-state index contributed by atoms with van der Waals surface area (Å²) in [7, 11) is 1.14. The van der Waals surface area contributed by atoms with Gasteiger partial charge in [0.2, 0.25) is 5.91 Å². The number of methoxy groups -OCH3 is 1. The van der Waals surface area contributed by atoms with Crippen LogP contribution in [0.25, 0.3) is 0 Å². The molecule has 2 heterocycles. The highest BCUT2D eigenvalue weighted by Gasteiger charge is 2.68. The summed E-state index contributed by atoms with van der Waals surface area (Å²) in [5.74, 6) is -4.74. The van der Waals surface area contributed by atoms with Crippen molar-refractivity contribution in [2.45, 2.75) is 44.7 Å². The fourth-order valence-electron chi connectivity index (χ4n) is 4.08. The van der Waals surface area contributed by atoms with Gasteiger partial charge in [-0.25, -0.2) is 0 Å². The number of carboxylic acids is 1. The second-order valence-corrected chi connectivity index (χ2v) is 9.65. The minimum absolute atomic E-state index is 0.0402. The number of fused-ring (bicyclic) bond motifs is 2. The lowest BCUT2D eigenvalue weighted by molar-refractivity contribution is -0.172. The Morgan fingerprint density at radius 3 is 2.63 bits per heavy atom. The fourth-order valence-corrected chi connectivity index (χ4v) is 4.45. The molecule has 0 spiro atoms. The van der Waals surface area contributed by atoms with Crippen molar-refractivity contribution in [2.24, 2.45) is 5.92 Å². The summed E-state index contributed by atoms with van der Waals surface area (Å²) in [5, 5.41) is 5.53. The van der Waals surface area contributed by atoms with E-state index in [0.29, 0.717) is 5.02 Å². The number of halogens is 2. The van der Waals surface area contributed by atoms with Crippen LogP contribution in [0.2, 0.25) is 10.0 Å². The zero-order valence-corrected chi connectivity index (χ0v) is 20.8. The molecule has 2 saturated heterocycles. The summed E-state index contributed by atoms with van der Waals surface area (Å²) in [6.45, 7) is 0.238. The van der Waals surface area contributed by atoms with Crippen LogP contribution in [-0.2, 0) is 33.2 Å². The smallest absolute Gasteiger partial charge is 0.594 e. The van der Waals surface area contributed by atoms with Gasteiger partial charge >= 0.3 is 18.7 Å². The molecule has 2 amide bonds. The SMILES string of the molecule is COC(=O)C[C@]12CC(=O)[OH+][B-]([C@H](CC(C)C)NC(=O)CNC(=O)c3cc(Cl)ccc3Cl)(OC1=O)O2. The average Bonchev–Trinajstić information content (AvgIpc) is 2.98. The molecule has 1 aromatic carbocycles. The Hall–Kier alpha value is -2.83. The molecular formula is C21H25BCl2N2O9. The summed E-state index contributed by atoms with van der Waals surface area (Å²) in [6, 6.07) is 4.33. The van der Waals surface area contributed by atoms with Gasteiger partial charge in [-0.3, -0.25) is 19.2 Å². The number of benzene rings is 1. The molecule has 1 aromatic rings. The molecular weight excluding hydrogens is 506 g/mol. The molecule has 0 aromatic heterocycles. The number of hydrogen-bond donors (Lipinski definition) is 2. The van der Waals surface area contributed by atoms with Gasteiger partial charge in [0.1, 0.15) is 6.42 Å². The highest BCUT2D eigenvalue weighted by Crippen LogP contribution is 2.42. The number of esters is 1. The minimum Gasteiger partial charge on any atom is -0.717 e. The molecule has 2 aliphatic rings. The first kappa shape index (κ1) is 26.8. The zero-order valence-electron chi connectivity index (χ0n) is 19.3. The molecule has 1 unspecified atom stereocenters. The summed E-state index contributed by atoms with van der Waals surface area (Å²) in [4.78, 5) is 62.2. The van der Waals surface area contributed by atoms with Crippen LogP contribution in [0.3, 0.4) is 0 Å². The number of hydrogen-bond acceptors (Lipinski definition) is 8. The van der Waals surface area contributed by atoms with Gasteiger partial charge in [0, 0.05) is 15.8 Å². The maximum atomic E-state index is 12.7. The topological polar surface area (TPSA) is 150 Å². The standard InChI is InChI=1S/C21H25BCl2N2O9/c1-11(2)6-15(26-16(27)10-25-19(30)13-7-12(23)4-5-14(13)24)22-33-18(29)9-21(35-22,20(31)34-22)8-17(28)32-3/h4-5,7,11,15,33H,6,8-10H2,1-3H3,(H,25,30)(H,26,27)/t15-,21-,22?/m0/s1. The third-order valence-corrected chi connectivity index (χ3v) is 6.19. The van der Waals surface area contributed by atoms with Crippen LogP contribution in [0.5, 0.6) is 0 Å². The molecule has 35 heavy (non-hydrogen) atoms. The van der Waals surface area contributed by atoms with Crippen LogP contribution in [0.1, 0.15) is 43.5 Å². The van der Waals surface area contributed by atoms with Gasteiger partial charge in [-0.1, -0.05) is 43.5 Å². The van der Waals surface area contributed by atoms with Crippen LogP contribution in [0.4, 0.5) is 0 Å². The molecule has 14 heteroatoms. The van der Waals surface area contributed by atoms with E-state index >= 15 is 0 Å². The predicted octanol–water partition coefficient (Wildman–Crippen LogP) is 1.07. The van der Waals surface area contributed by atoms with Crippen molar-refractivity contribution in [3.8, 4) is 0 Å². The number of aliphatic carboxylic acids is 1. The van der Waals surface area contributed by atoms with Crippen molar-refractivity contribution in [1.29, 1.82) is 0 Å². The predicted molar refractivity (Wildman–Crippen MR) is 124 cm³/mol. The quantitative estimate of drug-likeness (QED) is 0.273. The van der Waals surface area contributed by atoms with Crippen molar-refractivity contribution < 1.29 is 42.7 Å². The van der Waals surface area contributed by atoms with Crippen molar-refractivity contribution >= 4 is 59.7 Å². The lowest BCUT2D eigenvalue weighted by atomic mass is 9.64. The van der Waals surface area contributed by atoms with Crippen molar-refractivity contribution in [2.75, 3.05) is 13.7 Å². The van der Waals surface area contributed by atoms with E-state index in [2.05, 4.69) is 20.0 Å². The second kappa shape index (κ2) is 10.4. The Labute approximate surface area is 211 Å². The first-order valence-corrected chi connectivity index (χ1v) is 11.6. The van der Waals surface area contributed by atoms with Crippen LogP contribution < -0.4 is 10.6 Å². The highest BCUT2D eigenvalue weighted by molar-refractivity contribution is 6.67. The number of carbonyl (C=O) groups excluding carboxylic acids is 4. The molecule has 11 nitrogen and oxygen atoms in total. The molecule has 0 aliphatic carbocycles. The van der Waals surface area contributed by atoms with Crippen LogP contribution in [0, 0.1) is 5.92 Å². The van der Waals surface area contributed by atoms with Crippen molar-refractivity contribution in [3.63, 3.8) is 0 Å². The average molecular weight is 531 g/mol. The monoisotopic (exact) mass is 530 g/mol. The van der Waals surface area contributed by atoms with Gasteiger partial charge in [-0.15, -0.1) is 0 Å². The first-order valence-electron chi connectivity index (χ1n) is 10.8. The molecule has 0 saturated carbocycles. The largest absolute Gasteiger partial charge is 0.717 e. The summed E-state index contributed by atoms with van der Waals surface area (Å²) >= 11 is 11.9. The highest BCUT2D eigenvalue weighted by atomic mass is 35.5. The summed E-state index contributed by atoms with van der Waals surface area (Å²) < 4.78 is 19.9. The summed E-state index contributed by atoms with van der Waals surface area (Å²) in [6.07, 6.45) is -0.798. The Morgan fingerprint density at radius 2 is 1.97 bits per heavy atom. The molecule has 2 fully saturated rings. The van der Waals surface area contributed by atoms with E-state index in [4.69, 9.17) is 32.5 Å². The van der Waals surface area contributed by atoms with E-state index in [1.807, 2.05) is 13.8 Å². The van der Waals surface area contributed by atoms with Gasteiger partial charge < -0.3 is 29.3 Å². The Balaban J connectivity index is 1.76. The molecule has 0 radical (unpaired) electrons. The van der Waals surface area contributed by atoms with E-state index in [1.165, 1.54) is 18.2 Å². The lowest BCUT2D eigenvalue weighted by Gasteiger charge is -2.43. The lowest BCUT2D eigenvalue weighted by Crippen LogP contribution is -2.67. The normalized spacial score (nSPS) is 23.8. The van der Waals surface area contributed by atoms with E-state index in [-0.39, 0.29) is 22.9 Å². The maximum absolute atomic E-state index is 12.7. The first-order chi connectivity index (χ1) is 16.4. The maximum Gasteiger partial charge on any atom is 0.594 e. The van der Waals surface area contributed by atoms with Crippen LogP contribution in [0.15, 0.2) is 18.2 Å². The van der Waals surface area contributed by atoms with Gasteiger partial charge in [0.05, 0.1) is 30.7 Å². The molecule has 3 N–H and O–H groups in total.